The van der Waals surface area contributed by atoms with Crippen LogP contribution in [0.1, 0.15) is 27.2 Å². The number of urea groups is 1. The Labute approximate surface area is 228 Å². The maximum absolute atomic E-state index is 13.6. The number of halogens is 3. The van der Waals surface area contributed by atoms with Crippen molar-refractivity contribution in [1.82, 2.24) is 9.88 Å². The highest BCUT2D eigenvalue weighted by Crippen LogP contribution is 2.55. The number of aromatic nitrogens is 1. The van der Waals surface area contributed by atoms with Gasteiger partial charge in [0.15, 0.2) is 0 Å². The first-order valence-corrected chi connectivity index (χ1v) is 14.0. The summed E-state index contributed by atoms with van der Waals surface area (Å²) in [6, 6.07) is 5.47. The number of hydrogen-bond donors (Lipinski definition) is 1. The second-order valence-corrected chi connectivity index (χ2v) is 11.4. The van der Waals surface area contributed by atoms with Crippen molar-refractivity contribution in [3.63, 3.8) is 0 Å². The molecule has 1 aliphatic carbocycles. The summed E-state index contributed by atoms with van der Waals surface area (Å²) in [7, 11) is -5.60. The molecular weight excluding hydrogens is 555 g/mol. The number of carbonyl (C=O) groups excluding carboxylic acids is 3. The fraction of sp³-hybridized carbons (Fsp3) is 0.440. The molecule has 1 N–H and O–H groups in total. The lowest BCUT2D eigenvalue weighted by Gasteiger charge is -2.22. The van der Waals surface area contributed by atoms with E-state index in [0.29, 0.717) is 25.1 Å². The van der Waals surface area contributed by atoms with Crippen molar-refractivity contribution in [3.05, 3.63) is 42.6 Å². The summed E-state index contributed by atoms with van der Waals surface area (Å²) in [6.45, 7) is 8.08. The van der Waals surface area contributed by atoms with Crippen LogP contribution in [0.25, 0.3) is 0 Å². The van der Waals surface area contributed by atoms with E-state index in [1.54, 1.807) is 6.92 Å². The molecule has 216 valence electrons. The van der Waals surface area contributed by atoms with Crippen molar-refractivity contribution in [2.45, 2.75) is 43.1 Å². The van der Waals surface area contributed by atoms with E-state index in [1.165, 1.54) is 23.2 Å². The number of hydrogen-bond acceptors (Lipinski definition) is 8. The van der Waals surface area contributed by atoms with Gasteiger partial charge in [0, 0.05) is 18.8 Å². The lowest BCUT2D eigenvalue weighted by atomic mass is 10.1. The topological polar surface area (TPSA) is 129 Å². The maximum atomic E-state index is 13.6. The molecule has 2 fully saturated rings. The molecule has 0 radical (unpaired) electrons. The maximum Gasteiger partial charge on any atom is 0.501 e. The smallest absolute Gasteiger partial charge is 0.448 e. The number of alkyl halides is 3. The van der Waals surface area contributed by atoms with E-state index in [9.17, 15) is 36.0 Å². The average molecular weight is 584 g/mol. The predicted molar refractivity (Wildman–Crippen MR) is 139 cm³/mol. The fourth-order valence-electron chi connectivity index (χ4n) is 4.72. The van der Waals surface area contributed by atoms with Gasteiger partial charge in [0.1, 0.15) is 18.0 Å². The Hall–Kier alpha value is -3.72. The molecule has 1 aromatic carbocycles. The number of anilines is 3. The standard InChI is InChI=1S/C25H28F3N5O6S/c1-4-31(5-2)12-13-39-22(35)30-20-14-18(10-11-29-20)33-23(36)32(21(34)24(33)15-16(24)3)17-6-8-19(9-7-17)40(37,38)25(26,27)28/h6-11,14,16H,4-5,12-13,15H2,1-3H3,(H,29,30,35). The predicted octanol–water partition coefficient (Wildman–Crippen LogP) is 4.02. The normalized spacial score (nSPS) is 20.9. The van der Waals surface area contributed by atoms with E-state index in [0.717, 1.165) is 30.1 Å². The summed E-state index contributed by atoms with van der Waals surface area (Å²) in [5.74, 6) is -0.763. The highest BCUT2D eigenvalue weighted by atomic mass is 32.2. The van der Waals surface area contributed by atoms with Crippen molar-refractivity contribution in [2.24, 2.45) is 5.92 Å². The molecule has 1 aliphatic heterocycles. The molecule has 4 rings (SSSR count). The molecule has 1 saturated heterocycles. The van der Waals surface area contributed by atoms with Crippen molar-refractivity contribution in [3.8, 4) is 0 Å². The van der Waals surface area contributed by atoms with Crippen LogP contribution in [-0.4, -0.2) is 73.6 Å². The van der Waals surface area contributed by atoms with Gasteiger partial charge < -0.3 is 9.64 Å². The summed E-state index contributed by atoms with van der Waals surface area (Å²) < 4.78 is 67.4. The average Bonchev–Trinajstić information content (AvgIpc) is 3.51. The first kappa shape index (κ1) is 29.3. The Morgan fingerprint density at radius 3 is 2.33 bits per heavy atom. The van der Waals surface area contributed by atoms with E-state index >= 15 is 0 Å². The summed E-state index contributed by atoms with van der Waals surface area (Å²) in [5, 5.41) is 2.50. The van der Waals surface area contributed by atoms with Gasteiger partial charge in [-0.3, -0.25) is 15.0 Å². The van der Waals surface area contributed by atoms with Gasteiger partial charge in [-0.2, -0.15) is 13.2 Å². The Morgan fingerprint density at radius 1 is 1.15 bits per heavy atom. The monoisotopic (exact) mass is 583 g/mol. The van der Waals surface area contributed by atoms with Gasteiger partial charge in [0.05, 0.1) is 16.3 Å². The van der Waals surface area contributed by atoms with Crippen LogP contribution in [0.2, 0.25) is 0 Å². The molecule has 1 aromatic heterocycles. The lowest BCUT2D eigenvalue weighted by molar-refractivity contribution is -0.119. The minimum Gasteiger partial charge on any atom is -0.448 e. The van der Waals surface area contributed by atoms with Crippen molar-refractivity contribution < 1.29 is 40.7 Å². The number of sulfone groups is 1. The van der Waals surface area contributed by atoms with Crippen LogP contribution in [0.4, 0.5) is 40.0 Å². The van der Waals surface area contributed by atoms with Crippen molar-refractivity contribution >= 4 is 45.1 Å². The Morgan fingerprint density at radius 2 is 1.77 bits per heavy atom. The SMILES string of the molecule is CCN(CC)CCOC(=O)Nc1cc(N2C(=O)N(c3ccc(S(=O)(=O)C(F)(F)F)cc3)C(=O)C23CC3C)ccn1. The molecule has 40 heavy (non-hydrogen) atoms. The number of pyridine rings is 1. The minimum atomic E-state index is -5.60. The Bertz CT molecular complexity index is 1410. The second-order valence-electron chi connectivity index (χ2n) is 9.42. The largest absolute Gasteiger partial charge is 0.501 e. The number of ether oxygens (including phenoxy) is 1. The number of imide groups is 1. The van der Waals surface area contributed by atoms with E-state index < -0.39 is 43.8 Å². The van der Waals surface area contributed by atoms with Gasteiger partial charge in [0.2, 0.25) is 0 Å². The number of likely N-dealkylation sites (N-methyl/N-ethyl adjacent to an activating group) is 1. The van der Waals surface area contributed by atoms with E-state index in [2.05, 4.69) is 15.2 Å². The van der Waals surface area contributed by atoms with Gasteiger partial charge in [0.25, 0.3) is 15.7 Å². The first-order chi connectivity index (χ1) is 18.8. The number of amides is 4. The van der Waals surface area contributed by atoms with Crippen molar-refractivity contribution in [2.75, 3.05) is 41.4 Å². The molecule has 0 bridgehead atoms. The molecule has 15 heteroatoms. The number of benzene rings is 1. The molecule has 2 aliphatic rings. The molecule has 11 nitrogen and oxygen atoms in total. The zero-order valence-corrected chi connectivity index (χ0v) is 22.8. The molecule has 4 amide bonds. The zero-order valence-electron chi connectivity index (χ0n) is 21.9. The number of nitrogens with zero attached hydrogens (tertiary/aromatic N) is 4. The molecule has 2 unspecified atom stereocenters. The number of rotatable bonds is 9. The van der Waals surface area contributed by atoms with Gasteiger partial charge >= 0.3 is 17.6 Å². The van der Waals surface area contributed by atoms with Crippen LogP contribution in [0.3, 0.4) is 0 Å². The molecule has 2 heterocycles. The molecule has 1 saturated carbocycles. The number of carbonyl (C=O) groups is 3. The Balaban J connectivity index is 1.55. The quantitative estimate of drug-likeness (QED) is 0.439. The van der Waals surface area contributed by atoms with Gasteiger partial charge in [-0.1, -0.05) is 20.8 Å². The lowest BCUT2D eigenvalue weighted by Crippen LogP contribution is -2.39. The highest BCUT2D eigenvalue weighted by Gasteiger charge is 2.70. The van der Waals surface area contributed by atoms with Crippen LogP contribution in [0.5, 0.6) is 0 Å². The van der Waals surface area contributed by atoms with Crippen LogP contribution in [-0.2, 0) is 19.4 Å². The minimum absolute atomic E-state index is 0.0780. The molecule has 2 atom stereocenters. The van der Waals surface area contributed by atoms with E-state index in [4.69, 9.17) is 4.74 Å². The third-order valence-corrected chi connectivity index (χ3v) is 8.61. The highest BCUT2D eigenvalue weighted by molar-refractivity contribution is 7.92. The van der Waals surface area contributed by atoms with Gasteiger partial charge in [-0.05, 0) is 55.8 Å². The fourth-order valence-corrected chi connectivity index (χ4v) is 5.48. The van der Waals surface area contributed by atoms with Crippen molar-refractivity contribution in [1.29, 1.82) is 0 Å². The van der Waals surface area contributed by atoms with E-state index in [1.807, 2.05) is 13.8 Å². The third kappa shape index (κ3) is 5.10. The second kappa shape index (κ2) is 10.7. The first-order valence-electron chi connectivity index (χ1n) is 12.5. The van der Waals surface area contributed by atoms with Crippen LogP contribution < -0.4 is 15.1 Å². The zero-order chi connectivity index (χ0) is 29.5. The summed E-state index contributed by atoms with van der Waals surface area (Å²) in [6.07, 6.45) is 0.928. The molecule has 2 aromatic rings. The van der Waals surface area contributed by atoms with Crippen LogP contribution in [0.15, 0.2) is 47.5 Å². The summed E-state index contributed by atoms with van der Waals surface area (Å²) in [4.78, 5) is 46.5. The molecular formula is C25H28F3N5O6S. The van der Waals surface area contributed by atoms with Crippen LogP contribution in [0, 0.1) is 5.92 Å². The van der Waals surface area contributed by atoms with Gasteiger partial charge in [-0.15, -0.1) is 0 Å². The third-order valence-electron chi connectivity index (χ3n) is 7.10. The summed E-state index contributed by atoms with van der Waals surface area (Å²) >= 11 is 0. The summed E-state index contributed by atoms with van der Waals surface area (Å²) in [5.41, 5.74) is -6.56. The van der Waals surface area contributed by atoms with E-state index in [-0.39, 0.29) is 29.7 Å². The van der Waals surface area contributed by atoms with Gasteiger partial charge in [-0.25, -0.2) is 27.9 Å². The number of nitrogens with one attached hydrogen (secondary N) is 1. The van der Waals surface area contributed by atoms with Crippen LogP contribution >= 0.6 is 0 Å². The molecule has 1 spiro atoms. The Kier molecular flexibility index (Phi) is 7.82.